The van der Waals surface area contributed by atoms with Gasteiger partial charge in [-0.05, 0) is 30.7 Å². The lowest BCUT2D eigenvalue weighted by molar-refractivity contribution is -0.384. The van der Waals surface area contributed by atoms with E-state index in [4.69, 9.17) is 0 Å². The number of non-ortho nitro benzene ring substituents is 1. The van der Waals surface area contributed by atoms with Crippen molar-refractivity contribution in [1.29, 1.82) is 0 Å². The maximum absolute atomic E-state index is 13.6. The molecule has 0 fully saturated rings. The molecule has 0 unspecified atom stereocenters. The second-order valence-corrected chi connectivity index (χ2v) is 9.10. The number of hydrogen-bond donors (Lipinski definition) is 1. The number of nitrogens with zero attached hydrogens (tertiary/aromatic N) is 5. The van der Waals surface area contributed by atoms with E-state index < -0.39 is 23.2 Å². The standard InChI is InChI=1S/C31H24N6O4/c1-21-10-8-9-15-26(21)32-27(38)20-28(39)36-31(23-13-6-3-7-14-23)30(29(35-36)22-11-4-2-5-12-22)34-33-24-16-18-25(19-17-24)37(40)41/h2-19H,20H2,1H3,(H,32,38). The zero-order chi connectivity index (χ0) is 28.8. The van der Waals surface area contributed by atoms with Crippen molar-refractivity contribution in [3.05, 3.63) is 125 Å². The Balaban J connectivity index is 1.58. The number of anilines is 1. The third-order valence-electron chi connectivity index (χ3n) is 6.25. The summed E-state index contributed by atoms with van der Waals surface area (Å²) in [5.74, 6) is -1.03. The normalized spacial score (nSPS) is 11.0. The smallest absolute Gasteiger partial charge is 0.269 e. The van der Waals surface area contributed by atoms with Gasteiger partial charge in [0, 0.05) is 28.9 Å². The van der Waals surface area contributed by atoms with Gasteiger partial charge in [-0.2, -0.15) is 14.9 Å². The predicted octanol–water partition coefficient (Wildman–Crippen LogP) is 7.52. The van der Waals surface area contributed by atoms with Crippen LogP contribution in [0, 0.1) is 17.0 Å². The molecular formula is C31H24N6O4. The van der Waals surface area contributed by atoms with Crippen LogP contribution >= 0.6 is 0 Å². The topological polar surface area (TPSA) is 132 Å². The lowest BCUT2D eigenvalue weighted by Gasteiger charge is -2.09. The van der Waals surface area contributed by atoms with E-state index in [1.54, 1.807) is 12.1 Å². The number of nitrogens with one attached hydrogen (secondary N) is 1. The molecule has 5 aromatic rings. The molecule has 10 heteroatoms. The first kappa shape index (κ1) is 26.8. The first-order chi connectivity index (χ1) is 19.9. The Morgan fingerprint density at radius 3 is 2.07 bits per heavy atom. The van der Waals surface area contributed by atoms with Crippen LogP contribution in [0.2, 0.25) is 0 Å². The van der Waals surface area contributed by atoms with Crippen LogP contribution in [0.4, 0.5) is 22.7 Å². The Morgan fingerprint density at radius 2 is 1.44 bits per heavy atom. The molecule has 10 nitrogen and oxygen atoms in total. The van der Waals surface area contributed by atoms with E-state index in [0.717, 1.165) is 5.56 Å². The highest BCUT2D eigenvalue weighted by atomic mass is 16.6. The van der Waals surface area contributed by atoms with Gasteiger partial charge in [-0.15, -0.1) is 5.11 Å². The molecule has 0 spiro atoms. The number of rotatable bonds is 8. The minimum Gasteiger partial charge on any atom is -0.325 e. The van der Waals surface area contributed by atoms with Gasteiger partial charge in [0.25, 0.3) is 11.6 Å². The number of azo groups is 1. The number of nitro groups is 1. The molecule has 1 heterocycles. The van der Waals surface area contributed by atoms with Crippen molar-refractivity contribution in [3.63, 3.8) is 0 Å². The average molecular weight is 545 g/mol. The van der Waals surface area contributed by atoms with Crippen LogP contribution in [0.3, 0.4) is 0 Å². The SMILES string of the molecule is Cc1ccccc1NC(=O)CC(=O)n1nc(-c2ccccc2)c(N=Nc2ccc([N+](=O)[O-])cc2)c1-c1ccccc1. The second kappa shape index (κ2) is 12.0. The summed E-state index contributed by atoms with van der Waals surface area (Å²) in [4.78, 5) is 37.0. The van der Waals surface area contributed by atoms with Crippen LogP contribution in [0.15, 0.2) is 119 Å². The number of benzene rings is 4. The summed E-state index contributed by atoms with van der Waals surface area (Å²) in [6.45, 7) is 1.87. The van der Waals surface area contributed by atoms with E-state index in [0.29, 0.717) is 39.6 Å². The quantitative estimate of drug-likeness (QED) is 0.0934. The largest absolute Gasteiger partial charge is 0.325 e. The van der Waals surface area contributed by atoms with Gasteiger partial charge in [-0.1, -0.05) is 78.9 Å². The van der Waals surface area contributed by atoms with Gasteiger partial charge in [0.1, 0.15) is 23.5 Å². The third kappa shape index (κ3) is 6.12. The fourth-order valence-corrected chi connectivity index (χ4v) is 4.20. The number of nitro benzene ring substituents is 1. The maximum atomic E-state index is 13.6. The monoisotopic (exact) mass is 544 g/mol. The summed E-state index contributed by atoms with van der Waals surface area (Å²) >= 11 is 0. The van der Waals surface area contributed by atoms with Gasteiger partial charge in [0.2, 0.25) is 5.91 Å². The molecule has 4 aromatic carbocycles. The van der Waals surface area contributed by atoms with E-state index >= 15 is 0 Å². The second-order valence-electron chi connectivity index (χ2n) is 9.10. The van der Waals surface area contributed by atoms with Crippen molar-refractivity contribution in [3.8, 4) is 22.5 Å². The Bertz CT molecular complexity index is 1750. The molecule has 41 heavy (non-hydrogen) atoms. The zero-order valence-corrected chi connectivity index (χ0v) is 22.0. The molecular weight excluding hydrogens is 520 g/mol. The Labute approximate surface area is 235 Å². The molecule has 0 saturated carbocycles. The first-order valence-electron chi connectivity index (χ1n) is 12.7. The third-order valence-corrected chi connectivity index (χ3v) is 6.25. The molecule has 5 rings (SSSR count). The molecule has 1 aromatic heterocycles. The fraction of sp³-hybridized carbons (Fsp3) is 0.0645. The van der Waals surface area contributed by atoms with Crippen molar-refractivity contribution in [1.82, 2.24) is 9.78 Å². The van der Waals surface area contributed by atoms with Crippen LogP contribution in [0.1, 0.15) is 16.8 Å². The highest BCUT2D eigenvalue weighted by Crippen LogP contribution is 2.40. The van der Waals surface area contributed by atoms with Crippen LogP contribution < -0.4 is 5.32 Å². The van der Waals surface area contributed by atoms with Crippen molar-refractivity contribution in [2.24, 2.45) is 10.2 Å². The van der Waals surface area contributed by atoms with E-state index in [1.165, 1.54) is 28.9 Å². The van der Waals surface area contributed by atoms with Crippen molar-refractivity contribution in [2.75, 3.05) is 5.32 Å². The van der Waals surface area contributed by atoms with Crippen molar-refractivity contribution in [2.45, 2.75) is 13.3 Å². The minimum atomic E-state index is -0.552. The van der Waals surface area contributed by atoms with Gasteiger partial charge in [0.05, 0.1) is 10.6 Å². The molecule has 1 N–H and O–H groups in total. The number of amides is 1. The summed E-state index contributed by atoms with van der Waals surface area (Å²) in [6, 6.07) is 31.3. The number of aryl methyl sites for hydroxylation is 1. The number of carbonyl (C=O) groups excluding carboxylic acids is 2. The molecule has 1 amide bonds. The number of para-hydroxylation sites is 1. The maximum Gasteiger partial charge on any atom is 0.269 e. The van der Waals surface area contributed by atoms with Crippen LogP contribution in [0.25, 0.3) is 22.5 Å². The van der Waals surface area contributed by atoms with E-state index in [-0.39, 0.29) is 5.69 Å². The Kier molecular flexibility index (Phi) is 7.82. The zero-order valence-electron chi connectivity index (χ0n) is 22.0. The van der Waals surface area contributed by atoms with E-state index in [1.807, 2.05) is 79.7 Å². The van der Waals surface area contributed by atoms with Crippen LogP contribution in [-0.4, -0.2) is 26.5 Å². The fourth-order valence-electron chi connectivity index (χ4n) is 4.20. The lowest BCUT2D eigenvalue weighted by atomic mass is 10.1. The van der Waals surface area contributed by atoms with Gasteiger partial charge in [-0.3, -0.25) is 19.7 Å². The van der Waals surface area contributed by atoms with Gasteiger partial charge in [-0.25, -0.2) is 0 Å². The van der Waals surface area contributed by atoms with Crippen molar-refractivity contribution >= 4 is 34.6 Å². The van der Waals surface area contributed by atoms with Gasteiger partial charge < -0.3 is 5.32 Å². The summed E-state index contributed by atoms with van der Waals surface area (Å²) < 4.78 is 1.19. The highest BCUT2D eigenvalue weighted by molar-refractivity contribution is 6.06. The predicted molar refractivity (Wildman–Crippen MR) is 155 cm³/mol. The minimum absolute atomic E-state index is 0.0683. The summed E-state index contributed by atoms with van der Waals surface area (Å²) in [5, 5.41) is 27.2. The Hall–Kier alpha value is -5.77. The number of aromatic nitrogens is 2. The summed E-state index contributed by atoms with van der Waals surface area (Å²) in [5.41, 5.74) is 4.21. The molecule has 0 aliphatic heterocycles. The molecule has 202 valence electrons. The first-order valence-corrected chi connectivity index (χ1v) is 12.7. The molecule has 0 bridgehead atoms. The van der Waals surface area contributed by atoms with E-state index in [2.05, 4.69) is 20.6 Å². The van der Waals surface area contributed by atoms with Crippen molar-refractivity contribution < 1.29 is 14.5 Å². The Morgan fingerprint density at radius 1 is 0.829 bits per heavy atom. The average Bonchev–Trinajstić information content (AvgIpc) is 3.38. The molecule has 0 atom stereocenters. The number of hydrogen-bond acceptors (Lipinski definition) is 7. The molecule has 0 saturated heterocycles. The van der Waals surface area contributed by atoms with Crippen LogP contribution in [-0.2, 0) is 4.79 Å². The molecule has 0 aliphatic rings. The summed E-state index contributed by atoms with van der Waals surface area (Å²) in [7, 11) is 0. The lowest BCUT2D eigenvalue weighted by Crippen LogP contribution is -2.22. The van der Waals surface area contributed by atoms with Crippen LogP contribution in [0.5, 0.6) is 0 Å². The highest BCUT2D eigenvalue weighted by Gasteiger charge is 2.26. The number of carbonyl (C=O) groups is 2. The molecule has 0 aliphatic carbocycles. The summed E-state index contributed by atoms with van der Waals surface area (Å²) in [6.07, 6.45) is -0.455. The van der Waals surface area contributed by atoms with Gasteiger partial charge >= 0.3 is 0 Å². The van der Waals surface area contributed by atoms with Gasteiger partial charge in [0.15, 0.2) is 0 Å². The molecule has 0 radical (unpaired) electrons. The van der Waals surface area contributed by atoms with E-state index in [9.17, 15) is 19.7 Å².